The number of para-hydroxylation sites is 1. The van der Waals surface area contributed by atoms with E-state index in [0.717, 1.165) is 18.6 Å². The topological polar surface area (TPSA) is 68.3 Å². The molecule has 3 N–H and O–H groups in total. The predicted molar refractivity (Wildman–Crippen MR) is 68.8 cm³/mol. The molecule has 0 aliphatic carbocycles. The summed E-state index contributed by atoms with van der Waals surface area (Å²) in [5.41, 5.74) is 7.13. The van der Waals surface area contributed by atoms with Gasteiger partial charge in [0.15, 0.2) is 0 Å². The van der Waals surface area contributed by atoms with Crippen LogP contribution in [0.3, 0.4) is 0 Å². The lowest BCUT2D eigenvalue weighted by Crippen LogP contribution is -2.15. The molecule has 1 rings (SSSR count). The van der Waals surface area contributed by atoms with Gasteiger partial charge in [0.05, 0.1) is 12.2 Å². The normalized spacial score (nSPS) is 10.2. The molecular formula is C13H20N2O2. The Morgan fingerprint density at radius 1 is 1.29 bits per heavy atom. The van der Waals surface area contributed by atoms with E-state index in [2.05, 4.69) is 6.92 Å². The maximum atomic E-state index is 7.49. The Morgan fingerprint density at radius 3 is 2.71 bits per heavy atom. The summed E-state index contributed by atoms with van der Waals surface area (Å²) in [5.74, 6) is 0.707. The molecule has 4 heteroatoms. The molecule has 0 atom stereocenters. The molecule has 4 nitrogen and oxygen atoms in total. The quantitative estimate of drug-likeness (QED) is 0.432. The first-order valence-corrected chi connectivity index (χ1v) is 5.81. The molecular weight excluding hydrogens is 216 g/mol. The van der Waals surface area contributed by atoms with E-state index in [1.54, 1.807) is 6.07 Å². The number of rotatable bonds is 7. The van der Waals surface area contributed by atoms with Crippen LogP contribution in [-0.2, 0) is 4.74 Å². The van der Waals surface area contributed by atoms with Crippen LogP contribution in [0.4, 0.5) is 0 Å². The summed E-state index contributed by atoms with van der Waals surface area (Å²) in [6, 6.07) is 5.60. The number of amidine groups is 1. The van der Waals surface area contributed by atoms with Gasteiger partial charge >= 0.3 is 0 Å². The summed E-state index contributed by atoms with van der Waals surface area (Å²) in [6.07, 6.45) is 1.00. The van der Waals surface area contributed by atoms with Gasteiger partial charge in [-0.1, -0.05) is 19.1 Å². The number of nitrogens with two attached hydrogens (primary N) is 1. The number of hydrogen-bond donors (Lipinski definition) is 2. The second-order valence-corrected chi connectivity index (χ2v) is 3.83. The molecule has 0 heterocycles. The van der Waals surface area contributed by atoms with Crippen molar-refractivity contribution in [3.05, 3.63) is 29.3 Å². The fourth-order valence-electron chi connectivity index (χ4n) is 1.51. The molecule has 0 saturated carbocycles. The van der Waals surface area contributed by atoms with Gasteiger partial charge in [0.25, 0.3) is 0 Å². The first-order valence-electron chi connectivity index (χ1n) is 5.81. The molecule has 0 aromatic heterocycles. The summed E-state index contributed by atoms with van der Waals surface area (Å²) in [6.45, 7) is 5.78. The van der Waals surface area contributed by atoms with Crippen molar-refractivity contribution in [1.29, 1.82) is 5.41 Å². The Morgan fingerprint density at radius 2 is 2.06 bits per heavy atom. The molecule has 17 heavy (non-hydrogen) atoms. The zero-order chi connectivity index (χ0) is 12.7. The smallest absolute Gasteiger partial charge is 0.133 e. The van der Waals surface area contributed by atoms with Gasteiger partial charge in [0, 0.05) is 6.61 Å². The molecule has 0 aliphatic rings. The van der Waals surface area contributed by atoms with Crippen molar-refractivity contribution in [2.45, 2.75) is 20.3 Å². The van der Waals surface area contributed by atoms with Gasteiger partial charge in [0.2, 0.25) is 0 Å². The van der Waals surface area contributed by atoms with Gasteiger partial charge in [-0.15, -0.1) is 0 Å². The molecule has 0 bridgehead atoms. The third-order valence-corrected chi connectivity index (χ3v) is 2.32. The van der Waals surface area contributed by atoms with E-state index in [1.165, 1.54) is 0 Å². The summed E-state index contributed by atoms with van der Waals surface area (Å²) >= 11 is 0. The fraction of sp³-hybridized carbons (Fsp3) is 0.462. The average Bonchev–Trinajstić information content (AvgIpc) is 2.30. The highest BCUT2D eigenvalue weighted by molar-refractivity contribution is 5.98. The first-order chi connectivity index (χ1) is 8.16. The van der Waals surface area contributed by atoms with Crippen molar-refractivity contribution < 1.29 is 9.47 Å². The van der Waals surface area contributed by atoms with E-state index in [-0.39, 0.29) is 5.84 Å². The first kappa shape index (κ1) is 13.5. The molecule has 0 saturated heterocycles. The number of nitrogens with one attached hydrogen (secondary N) is 1. The average molecular weight is 236 g/mol. The molecule has 94 valence electrons. The number of hydrogen-bond acceptors (Lipinski definition) is 3. The highest BCUT2D eigenvalue weighted by Gasteiger charge is 2.08. The lowest BCUT2D eigenvalue weighted by Gasteiger charge is -2.13. The van der Waals surface area contributed by atoms with E-state index in [0.29, 0.717) is 24.5 Å². The molecule has 0 radical (unpaired) electrons. The number of aryl methyl sites for hydroxylation is 1. The van der Waals surface area contributed by atoms with Gasteiger partial charge in [-0.2, -0.15) is 0 Å². The Hall–Kier alpha value is -1.55. The SMILES string of the molecule is CCCOCCOc1c(C)cccc1C(=N)N. The van der Waals surface area contributed by atoms with Crippen LogP contribution in [0.15, 0.2) is 18.2 Å². The van der Waals surface area contributed by atoms with Crippen molar-refractivity contribution >= 4 is 5.84 Å². The van der Waals surface area contributed by atoms with Crippen molar-refractivity contribution in [3.8, 4) is 5.75 Å². The van der Waals surface area contributed by atoms with Crippen molar-refractivity contribution in [3.63, 3.8) is 0 Å². The predicted octanol–water partition coefficient (Wildman–Crippen LogP) is 2.08. The maximum absolute atomic E-state index is 7.49. The van der Waals surface area contributed by atoms with Crippen molar-refractivity contribution in [2.24, 2.45) is 5.73 Å². The van der Waals surface area contributed by atoms with Gasteiger partial charge in [-0.05, 0) is 25.0 Å². The Balaban J connectivity index is 2.60. The van der Waals surface area contributed by atoms with E-state index >= 15 is 0 Å². The minimum Gasteiger partial charge on any atom is -0.490 e. The Kier molecular flexibility index (Phi) is 5.49. The zero-order valence-corrected chi connectivity index (χ0v) is 10.5. The van der Waals surface area contributed by atoms with Crippen LogP contribution in [0.5, 0.6) is 5.75 Å². The third-order valence-electron chi connectivity index (χ3n) is 2.32. The summed E-state index contributed by atoms with van der Waals surface area (Å²) in [4.78, 5) is 0. The van der Waals surface area contributed by atoms with Crippen molar-refractivity contribution in [2.75, 3.05) is 19.8 Å². The van der Waals surface area contributed by atoms with E-state index < -0.39 is 0 Å². The highest BCUT2D eigenvalue weighted by atomic mass is 16.5. The van der Waals surface area contributed by atoms with Gasteiger partial charge in [-0.25, -0.2) is 0 Å². The largest absolute Gasteiger partial charge is 0.490 e. The zero-order valence-electron chi connectivity index (χ0n) is 10.5. The van der Waals surface area contributed by atoms with Crippen LogP contribution in [0, 0.1) is 12.3 Å². The van der Waals surface area contributed by atoms with Crippen LogP contribution < -0.4 is 10.5 Å². The van der Waals surface area contributed by atoms with Gasteiger partial charge in [-0.3, -0.25) is 5.41 Å². The van der Waals surface area contributed by atoms with Crippen LogP contribution in [0.2, 0.25) is 0 Å². The third kappa shape index (κ3) is 4.07. The second-order valence-electron chi connectivity index (χ2n) is 3.83. The van der Waals surface area contributed by atoms with Crippen LogP contribution in [-0.4, -0.2) is 25.7 Å². The maximum Gasteiger partial charge on any atom is 0.133 e. The Labute approximate surface area is 102 Å². The van der Waals surface area contributed by atoms with Crippen molar-refractivity contribution in [1.82, 2.24) is 0 Å². The fourth-order valence-corrected chi connectivity index (χ4v) is 1.51. The molecule has 1 aromatic rings. The molecule has 0 fully saturated rings. The molecule has 0 amide bonds. The second kappa shape index (κ2) is 6.91. The van der Waals surface area contributed by atoms with Gasteiger partial charge in [0.1, 0.15) is 18.2 Å². The number of nitrogen functional groups attached to an aromatic ring is 1. The number of ether oxygens (including phenoxy) is 2. The van der Waals surface area contributed by atoms with Crippen LogP contribution in [0.25, 0.3) is 0 Å². The van der Waals surface area contributed by atoms with E-state index in [4.69, 9.17) is 20.6 Å². The monoisotopic (exact) mass is 236 g/mol. The lowest BCUT2D eigenvalue weighted by atomic mass is 10.1. The highest BCUT2D eigenvalue weighted by Crippen LogP contribution is 2.22. The lowest BCUT2D eigenvalue weighted by molar-refractivity contribution is 0.100. The van der Waals surface area contributed by atoms with Crippen LogP contribution >= 0.6 is 0 Å². The molecule has 1 aromatic carbocycles. The van der Waals surface area contributed by atoms with E-state index in [9.17, 15) is 0 Å². The summed E-state index contributed by atoms with van der Waals surface area (Å²) in [5, 5.41) is 7.49. The standard InChI is InChI=1S/C13H20N2O2/c1-3-7-16-8-9-17-12-10(2)5-4-6-11(12)13(14)15/h4-6H,3,7-9H2,1-2H3,(H3,14,15). The minimum absolute atomic E-state index is 0.0261. The Bertz CT molecular complexity index is 378. The minimum atomic E-state index is 0.0261. The molecule has 0 unspecified atom stereocenters. The van der Waals surface area contributed by atoms with Crippen LogP contribution in [0.1, 0.15) is 24.5 Å². The molecule has 0 spiro atoms. The molecule has 0 aliphatic heterocycles. The van der Waals surface area contributed by atoms with Gasteiger partial charge < -0.3 is 15.2 Å². The van der Waals surface area contributed by atoms with E-state index in [1.807, 2.05) is 19.1 Å². The number of benzene rings is 1. The summed E-state index contributed by atoms with van der Waals surface area (Å²) < 4.78 is 11.0. The summed E-state index contributed by atoms with van der Waals surface area (Å²) in [7, 11) is 0.